The quantitative estimate of drug-likeness (QED) is 0.740. The molecule has 1 saturated heterocycles. The molecule has 2 atom stereocenters. The summed E-state index contributed by atoms with van der Waals surface area (Å²) in [5.41, 5.74) is 0. The number of rotatable bonds is 3. The Morgan fingerprint density at radius 1 is 1.31 bits per heavy atom. The zero-order valence-corrected chi connectivity index (χ0v) is 10.9. The van der Waals surface area contributed by atoms with E-state index in [2.05, 4.69) is 5.32 Å². The number of nitrogens with zero attached hydrogens (tertiary/aromatic N) is 1. The van der Waals surface area contributed by atoms with Crippen molar-refractivity contribution in [2.75, 3.05) is 25.1 Å². The fourth-order valence-electron chi connectivity index (χ4n) is 2.03. The molecule has 1 N–H and O–H groups in total. The van der Waals surface area contributed by atoms with E-state index in [-0.39, 0.29) is 30.2 Å². The molecule has 1 rings (SSSR count). The molecular weight excluding hydrogens is 228 g/mol. The highest BCUT2D eigenvalue weighted by molar-refractivity contribution is 7.90. The monoisotopic (exact) mass is 248 g/mol. The van der Waals surface area contributed by atoms with Crippen LogP contribution in [0.3, 0.4) is 0 Å². The van der Waals surface area contributed by atoms with Crippen LogP contribution < -0.4 is 5.32 Å². The summed E-state index contributed by atoms with van der Waals surface area (Å²) >= 11 is 0. The van der Waals surface area contributed by atoms with E-state index in [1.165, 1.54) is 0 Å². The number of hydrogen-bond acceptors (Lipinski definition) is 4. The van der Waals surface area contributed by atoms with Crippen molar-refractivity contribution >= 4 is 15.7 Å². The van der Waals surface area contributed by atoms with Crippen molar-refractivity contribution in [3.63, 3.8) is 0 Å². The van der Waals surface area contributed by atoms with Crippen molar-refractivity contribution in [2.45, 2.75) is 32.4 Å². The Morgan fingerprint density at radius 3 is 2.25 bits per heavy atom. The molecule has 1 fully saturated rings. The van der Waals surface area contributed by atoms with E-state index in [4.69, 9.17) is 0 Å². The fourth-order valence-corrected chi connectivity index (χ4v) is 2.57. The molecule has 1 amide bonds. The van der Waals surface area contributed by atoms with Crippen LogP contribution in [0.5, 0.6) is 0 Å². The summed E-state index contributed by atoms with van der Waals surface area (Å²) in [7, 11) is -3.06. The molecule has 0 bridgehead atoms. The number of sulfone groups is 1. The van der Waals surface area contributed by atoms with Crippen LogP contribution >= 0.6 is 0 Å². The Morgan fingerprint density at radius 2 is 1.81 bits per heavy atom. The summed E-state index contributed by atoms with van der Waals surface area (Å²) in [4.78, 5) is 13.7. The zero-order valence-electron chi connectivity index (χ0n) is 10.1. The first kappa shape index (κ1) is 13.4. The third-order valence-electron chi connectivity index (χ3n) is 2.80. The van der Waals surface area contributed by atoms with Gasteiger partial charge in [0.05, 0.1) is 5.75 Å². The maximum atomic E-state index is 11.9. The predicted molar refractivity (Wildman–Crippen MR) is 63.0 cm³/mol. The van der Waals surface area contributed by atoms with Gasteiger partial charge >= 0.3 is 0 Å². The average molecular weight is 248 g/mol. The van der Waals surface area contributed by atoms with Crippen molar-refractivity contribution in [3.8, 4) is 0 Å². The third kappa shape index (κ3) is 3.75. The number of amides is 1. The molecule has 1 aliphatic heterocycles. The molecule has 6 heteroatoms. The molecule has 0 saturated carbocycles. The minimum Gasteiger partial charge on any atom is -0.335 e. The van der Waals surface area contributed by atoms with Crippen molar-refractivity contribution in [2.24, 2.45) is 0 Å². The second kappa shape index (κ2) is 5.14. The van der Waals surface area contributed by atoms with Gasteiger partial charge in [0, 0.05) is 37.8 Å². The van der Waals surface area contributed by atoms with Gasteiger partial charge in [0.2, 0.25) is 5.91 Å². The Bertz CT molecular complexity index is 343. The normalized spacial score (nSPS) is 26.8. The van der Waals surface area contributed by atoms with Gasteiger partial charge in [-0.25, -0.2) is 8.42 Å². The molecule has 0 spiro atoms. The lowest BCUT2D eigenvalue weighted by molar-refractivity contribution is -0.136. The number of nitrogens with one attached hydrogen (secondary N) is 1. The number of carbonyl (C=O) groups excluding carboxylic acids is 1. The molecular formula is C10H20N2O3S. The van der Waals surface area contributed by atoms with Crippen LogP contribution in [0.1, 0.15) is 20.3 Å². The van der Waals surface area contributed by atoms with E-state index in [0.717, 1.165) is 19.3 Å². The summed E-state index contributed by atoms with van der Waals surface area (Å²) in [6.07, 6.45) is 1.25. The van der Waals surface area contributed by atoms with Gasteiger partial charge in [-0.05, 0) is 13.8 Å². The first-order chi connectivity index (χ1) is 7.31. The molecule has 0 aromatic heterocycles. The topological polar surface area (TPSA) is 66.5 Å². The summed E-state index contributed by atoms with van der Waals surface area (Å²) in [5, 5.41) is 3.23. The average Bonchev–Trinajstić information content (AvgIpc) is 2.13. The van der Waals surface area contributed by atoms with Gasteiger partial charge in [-0.2, -0.15) is 0 Å². The minimum absolute atomic E-state index is 0.0603. The lowest BCUT2D eigenvalue weighted by Gasteiger charge is -2.39. The molecule has 1 heterocycles. The van der Waals surface area contributed by atoms with Crippen LogP contribution in [0.25, 0.3) is 0 Å². The highest BCUT2D eigenvalue weighted by Gasteiger charge is 2.28. The molecule has 0 radical (unpaired) electrons. The Balaban J connectivity index is 2.58. The van der Waals surface area contributed by atoms with Crippen LogP contribution in [0, 0.1) is 0 Å². The van der Waals surface area contributed by atoms with Gasteiger partial charge in [-0.1, -0.05) is 0 Å². The molecule has 5 nitrogen and oxygen atoms in total. The van der Waals surface area contributed by atoms with Gasteiger partial charge in [-0.15, -0.1) is 0 Å². The van der Waals surface area contributed by atoms with Gasteiger partial charge in [0.15, 0.2) is 0 Å². The molecule has 0 aromatic rings. The number of hydrogen-bond donors (Lipinski definition) is 1. The van der Waals surface area contributed by atoms with E-state index in [1.807, 2.05) is 13.8 Å². The molecule has 94 valence electrons. The highest BCUT2D eigenvalue weighted by Crippen LogP contribution is 2.11. The highest BCUT2D eigenvalue weighted by atomic mass is 32.2. The second-order valence-electron chi connectivity index (χ2n) is 4.54. The van der Waals surface area contributed by atoms with Crippen LogP contribution in [0.15, 0.2) is 0 Å². The van der Waals surface area contributed by atoms with Crippen LogP contribution in [0.4, 0.5) is 0 Å². The first-order valence-electron chi connectivity index (χ1n) is 5.51. The first-order valence-corrected chi connectivity index (χ1v) is 7.57. The van der Waals surface area contributed by atoms with Gasteiger partial charge in [0.25, 0.3) is 0 Å². The summed E-state index contributed by atoms with van der Waals surface area (Å²) in [6, 6.07) is 0.270. The minimum atomic E-state index is -3.06. The van der Waals surface area contributed by atoms with Crippen molar-refractivity contribution in [1.82, 2.24) is 10.2 Å². The summed E-state index contributed by atoms with van der Waals surface area (Å²) in [5.74, 6) is -0.123. The summed E-state index contributed by atoms with van der Waals surface area (Å²) < 4.78 is 22.0. The second-order valence-corrected chi connectivity index (χ2v) is 6.80. The van der Waals surface area contributed by atoms with Crippen LogP contribution in [-0.4, -0.2) is 56.4 Å². The maximum Gasteiger partial charge on any atom is 0.224 e. The van der Waals surface area contributed by atoms with E-state index in [1.54, 1.807) is 4.90 Å². The summed E-state index contributed by atoms with van der Waals surface area (Å²) in [6.45, 7) is 5.49. The lowest BCUT2D eigenvalue weighted by atomic mass is 10.1. The molecule has 0 aromatic carbocycles. The SMILES string of the molecule is CC1CNCC(C)N1C(=O)CCS(C)(=O)=O. The maximum absolute atomic E-state index is 11.9. The van der Waals surface area contributed by atoms with Crippen LogP contribution in [-0.2, 0) is 14.6 Å². The van der Waals surface area contributed by atoms with Crippen LogP contribution in [0.2, 0.25) is 0 Å². The number of piperazine rings is 1. The van der Waals surface area contributed by atoms with E-state index in [9.17, 15) is 13.2 Å². The molecule has 2 unspecified atom stereocenters. The van der Waals surface area contributed by atoms with E-state index >= 15 is 0 Å². The predicted octanol–water partition coefficient (Wildman–Crippen LogP) is -0.370. The van der Waals surface area contributed by atoms with Crippen molar-refractivity contribution < 1.29 is 13.2 Å². The zero-order chi connectivity index (χ0) is 12.3. The third-order valence-corrected chi connectivity index (χ3v) is 3.75. The Kier molecular flexibility index (Phi) is 4.32. The van der Waals surface area contributed by atoms with Gasteiger partial charge < -0.3 is 10.2 Å². The Hall–Kier alpha value is -0.620. The standard InChI is InChI=1S/C10H20N2O3S/c1-8-6-11-7-9(2)12(8)10(13)4-5-16(3,14)15/h8-9,11H,4-7H2,1-3H3. The van der Waals surface area contributed by atoms with Crippen molar-refractivity contribution in [1.29, 1.82) is 0 Å². The van der Waals surface area contributed by atoms with Gasteiger partial charge in [-0.3, -0.25) is 4.79 Å². The van der Waals surface area contributed by atoms with Crippen molar-refractivity contribution in [3.05, 3.63) is 0 Å². The Labute approximate surface area is 97.1 Å². The molecule has 16 heavy (non-hydrogen) atoms. The van der Waals surface area contributed by atoms with E-state index < -0.39 is 9.84 Å². The molecule has 0 aliphatic carbocycles. The molecule has 1 aliphatic rings. The smallest absolute Gasteiger partial charge is 0.224 e. The number of carbonyl (C=O) groups is 1. The lowest BCUT2D eigenvalue weighted by Crippen LogP contribution is -2.57. The van der Waals surface area contributed by atoms with Gasteiger partial charge in [0.1, 0.15) is 9.84 Å². The fraction of sp³-hybridized carbons (Fsp3) is 0.900. The largest absolute Gasteiger partial charge is 0.335 e. The van der Waals surface area contributed by atoms with E-state index in [0.29, 0.717) is 0 Å².